The number of benzene rings is 1. The Hall–Kier alpha value is -1.50. The minimum Gasteiger partial charge on any atom is -0.508 e. The number of phenolic OH excluding ortho intramolecular Hbond substituents is 1. The van der Waals surface area contributed by atoms with E-state index in [1.54, 1.807) is 6.07 Å². The summed E-state index contributed by atoms with van der Waals surface area (Å²) in [5.41, 5.74) is 1.25. The van der Waals surface area contributed by atoms with Gasteiger partial charge in [0.1, 0.15) is 5.75 Å². The third-order valence-electron chi connectivity index (χ3n) is 3.94. The average molecular weight is 300 g/mol. The maximum absolute atomic E-state index is 9.41. The highest BCUT2D eigenvalue weighted by atomic mass is 16.3. The number of hydrogen-bond acceptors (Lipinski definition) is 1. The Bertz CT molecular complexity index is 420. The summed E-state index contributed by atoms with van der Waals surface area (Å²) in [7, 11) is 0. The first-order valence-corrected chi connectivity index (χ1v) is 8.86. The van der Waals surface area contributed by atoms with Crippen molar-refractivity contribution in [2.24, 2.45) is 0 Å². The van der Waals surface area contributed by atoms with Crippen LogP contribution in [0.4, 0.5) is 0 Å². The quantitative estimate of drug-likeness (QED) is 0.322. The highest BCUT2D eigenvalue weighted by Gasteiger charge is 1.95. The van der Waals surface area contributed by atoms with Crippen molar-refractivity contribution in [2.75, 3.05) is 0 Å². The van der Waals surface area contributed by atoms with Crippen LogP contribution in [-0.2, 0) is 6.42 Å². The first kappa shape index (κ1) is 18.5. The van der Waals surface area contributed by atoms with E-state index in [0.29, 0.717) is 5.75 Å². The van der Waals surface area contributed by atoms with Crippen LogP contribution < -0.4 is 0 Å². The lowest BCUT2D eigenvalue weighted by molar-refractivity contribution is 0.474. The van der Waals surface area contributed by atoms with Gasteiger partial charge in [0.2, 0.25) is 0 Å². The molecule has 0 radical (unpaired) electrons. The Labute approximate surface area is 136 Å². The highest BCUT2D eigenvalue weighted by molar-refractivity contribution is 5.27. The summed E-state index contributed by atoms with van der Waals surface area (Å²) >= 11 is 0. The lowest BCUT2D eigenvalue weighted by atomic mass is 10.0. The Morgan fingerprint density at radius 1 is 0.818 bits per heavy atom. The Kier molecular flexibility index (Phi) is 11.1. The van der Waals surface area contributed by atoms with Crippen LogP contribution in [0, 0.1) is 0 Å². The summed E-state index contributed by atoms with van der Waals surface area (Å²) < 4.78 is 0. The van der Waals surface area contributed by atoms with Crippen LogP contribution >= 0.6 is 0 Å². The zero-order valence-electron chi connectivity index (χ0n) is 14.0. The molecule has 0 atom stereocenters. The van der Waals surface area contributed by atoms with Gasteiger partial charge in [-0.05, 0) is 69.1 Å². The number of unbranched alkanes of at least 4 members (excludes halogenated alkanes) is 8. The number of phenols is 1. The molecule has 0 saturated heterocycles. The highest BCUT2D eigenvalue weighted by Crippen LogP contribution is 2.14. The molecule has 1 aromatic rings. The van der Waals surface area contributed by atoms with Crippen LogP contribution in [0.3, 0.4) is 0 Å². The fraction of sp³-hybridized carbons (Fsp3) is 0.524. The Morgan fingerprint density at radius 3 is 2.18 bits per heavy atom. The normalized spacial score (nSPS) is 11.1. The number of aryl methyl sites for hydroxylation is 1. The maximum Gasteiger partial charge on any atom is 0.115 e. The lowest BCUT2D eigenvalue weighted by Crippen LogP contribution is -1.86. The SMILES string of the molecule is C=CCCCC/C=C/CCCCCCCc1cccc(O)c1. The summed E-state index contributed by atoms with van der Waals surface area (Å²) in [6.07, 6.45) is 20.4. The minimum absolute atomic E-state index is 0.383. The molecule has 22 heavy (non-hydrogen) atoms. The molecule has 0 heterocycles. The standard InChI is InChI=1S/C21H32O/c1-2-3-4-5-6-7-8-9-10-11-12-13-14-16-20-17-15-18-21(22)19-20/h2,7-8,15,17-19,22H,1,3-6,9-14,16H2/b8-7+. The predicted molar refractivity (Wildman–Crippen MR) is 97.3 cm³/mol. The Balaban J connectivity index is 1.87. The minimum atomic E-state index is 0.383. The van der Waals surface area contributed by atoms with Crippen LogP contribution in [0.5, 0.6) is 5.75 Å². The van der Waals surface area contributed by atoms with E-state index in [1.165, 1.54) is 63.4 Å². The molecule has 0 aliphatic carbocycles. The molecule has 1 rings (SSSR count). The number of allylic oxidation sites excluding steroid dienone is 3. The lowest BCUT2D eigenvalue weighted by Gasteiger charge is -2.02. The maximum atomic E-state index is 9.41. The molecule has 0 bridgehead atoms. The first-order chi connectivity index (χ1) is 10.8. The van der Waals surface area contributed by atoms with Gasteiger partial charge in [0.15, 0.2) is 0 Å². The van der Waals surface area contributed by atoms with E-state index in [1.807, 2.05) is 18.2 Å². The molecule has 0 aromatic heterocycles. The zero-order valence-corrected chi connectivity index (χ0v) is 14.0. The molecule has 0 amide bonds. The first-order valence-electron chi connectivity index (χ1n) is 8.86. The van der Waals surface area contributed by atoms with Crippen LogP contribution in [0.15, 0.2) is 49.1 Å². The van der Waals surface area contributed by atoms with Gasteiger partial charge in [-0.25, -0.2) is 0 Å². The molecule has 0 spiro atoms. The van der Waals surface area contributed by atoms with Gasteiger partial charge >= 0.3 is 0 Å². The van der Waals surface area contributed by atoms with Gasteiger partial charge in [0.05, 0.1) is 0 Å². The Morgan fingerprint density at radius 2 is 1.45 bits per heavy atom. The van der Waals surface area contributed by atoms with E-state index in [4.69, 9.17) is 0 Å². The molecule has 0 aliphatic rings. The number of hydrogen-bond donors (Lipinski definition) is 1. The van der Waals surface area contributed by atoms with E-state index >= 15 is 0 Å². The molecule has 0 fully saturated rings. The summed E-state index contributed by atoms with van der Waals surface area (Å²) in [6.45, 7) is 3.74. The molecular weight excluding hydrogens is 268 g/mol. The van der Waals surface area contributed by atoms with Gasteiger partial charge < -0.3 is 5.11 Å². The van der Waals surface area contributed by atoms with Crippen molar-refractivity contribution in [1.82, 2.24) is 0 Å². The van der Waals surface area contributed by atoms with Gasteiger partial charge in [-0.15, -0.1) is 6.58 Å². The van der Waals surface area contributed by atoms with Crippen molar-refractivity contribution in [3.63, 3.8) is 0 Å². The van der Waals surface area contributed by atoms with Crippen molar-refractivity contribution in [1.29, 1.82) is 0 Å². The predicted octanol–water partition coefficient (Wildman–Crippen LogP) is 6.58. The third kappa shape index (κ3) is 10.3. The summed E-state index contributed by atoms with van der Waals surface area (Å²) in [6, 6.07) is 7.63. The third-order valence-corrected chi connectivity index (χ3v) is 3.94. The second-order valence-corrected chi connectivity index (χ2v) is 6.02. The van der Waals surface area contributed by atoms with Crippen molar-refractivity contribution < 1.29 is 5.11 Å². The monoisotopic (exact) mass is 300 g/mol. The topological polar surface area (TPSA) is 20.2 Å². The van der Waals surface area contributed by atoms with Gasteiger partial charge in [0, 0.05) is 0 Å². The molecular formula is C21H32O. The van der Waals surface area contributed by atoms with Crippen LogP contribution in [-0.4, -0.2) is 5.11 Å². The molecule has 1 heteroatoms. The van der Waals surface area contributed by atoms with Crippen LogP contribution in [0.1, 0.15) is 69.8 Å². The van der Waals surface area contributed by atoms with Crippen molar-refractivity contribution >= 4 is 0 Å². The van der Waals surface area contributed by atoms with Crippen LogP contribution in [0.25, 0.3) is 0 Å². The van der Waals surface area contributed by atoms with E-state index < -0.39 is 0 Å². The summed E-state index contributed by atoms with van der Waals surface area (Å²) in [4.78, 5) is 0. The van der Waals surface area contributed by atoms with E-state index in [2.05, 4.69) is 24.8 Å². The second kappa shape index (κ2) is 13.2. The van der Waals surface area contributed by atoms with Gasteiger partial charge in [0.25, 0.3) is 0 Å². The molecule has 1 aromatic carbocycles. The molecule has 1 nitrogen and oxygen atoms in total. The number of aromatic hydroxyl groups is 1. The van der Waals surface area contributed by atoms with E-state index in [-0.39, 0.29) is 0 Å². The van der Waals surface area contributed by atoms with E-state index in [0.717, 1.165) is 12.8 Å². The van der Waals surface area contributed by atoms with Crippen molar-refractivity contribution in [3.8, 4) is 5.75 Å². The summed E-state index contributed by atoms with van der Waals surface area (Å²) in [5, 5.41) is 9.41. The molecule has 122 valence electrons. The molecule has 0 aliphatic heterocycles. The zero-order chi connectivity index (χ0) is 15.9. The number of rotatable bonds is 13. The van der Waals surface area contributed by atoms with Crippen molar-refractivity contribution in [2.45, 2.75) is 70.6 Å². The van der Waals surface area contributed by atoms with Crippen LogP contribution in [0.2, 0.25) is 0 Å². The van der Waals surface area contributed by atoms with Gasteiger partial charge in [-0.1, -0.05) is 49.6 Å². The van der Waals surface area contributed by atoms with E-state index in [9.17, 15) is 5.11 Å². The van der Waals surface area contributed by atoms with Gasteiger partial charge in [-0.2, -0.15) is 0 Å². The smallest absolute Gasteiger partial charge is 0.115 e. The molecule has 1 N–H and O–H groups in total. The fourth-order valence-electron chi connectivity index (χ4n) is 2.62. The average Bonchev–Trinajstić information content (AvgIpc) is 2.52. The fourth-order valence-corrected chi connectivity index (χ4v) is 2.62. The van der Waals surface area contributed by atoms with Gasteiger partial charge in [-0.3, -0.25) is 0 Å². The largest absolute Gasteiger partial charge is 0.508 e. The second-order valence-electron chi connectivity index (χ2n) is 6.02. The summed E-state index contributed by atoms with van der Waals surface area (Å²) in [5.74, 6) is 0.383. The molecule has 0 unspecified atom stereocenters. The van der Waals surface area contributed by atoms with Crippen molar-refractivity contribution in [3.05, 3.63) is 54.6 Å². The molecule has 0 saturated carbocycles.